The molecule has 1 aliphatic heterocycles. The van der Waals surface area contributed by atoms with Crippen LogP contribution in [0.2, 0.25) is 0 Å². The van der Waals surface area contributed by atoms with E-state index in [9.17, 15) is 75.6 Å². The van der Waals surface area contributed by atoms with Crippen LogP contribution in [0, 0.1) is 0 Å². The predicted molar refractivity (Wildman–Crippen MR) is 400 cm³/mol. The number of sulfonamides is 2. The van der Waals surface area contributed by atoms with Gasteiger partial charge >= 0.3 is 65.5 Å². The molecule has 12 rings (SSSR count). The number of nitrogens with one attached hydrogen (secondary N) is 3. The second-order valence-electron chi connectivity index (χ2n) is 21.9. The zero-order valence-electron chi connectivity index (χ0n) is 60.0. The van der Waals surface area contributed by atoms with Crippen molar-refractivity contribution in [3.05, 3.63) is 222 Å². The summed E-state index contributed by atoms with van der Waals surface area (Å²) in [7, 11) is 2.97. The number of aliphatic hydroxyl groups excluding tert-OH is 2. The number of methoxy groups -OCH3 is 4. The number of phenolic OH excluding ortho intramolecular Hbond substituents is 1. The number of carboxylic acids is 2. The maximum Gasteiger partial charge on any atom is 1.00 e. The van der Waals surface area contributed by atoms with Gasteiger partial charge in [-0.05, 0) is 120 Å². The van der Waals surface area contributed by atoms with E-state index in [4.69, 9.17) is 38.6 Å². The van der Waals surface area contributed by atoms with Crippen molar-refractivity contribution in [3.63, 3.8) is 0 Å². The standard InChI is InChI=1S/C33H26N4O9S.C21H12O6.C12H14N4O4S.C4H6O4.C2H3BO2.CH4O.Na/c1-44-29-16-28(35-33(36-29)45-2)37-47(42,43)20-10-7-18(8-11-20)34-17-25-26(39)14-13-24-30(21-5-3-4-6-22(21)32(40)41)23-12-9-19(38)15-27(23)46-31(24)25;22-10-16-17(24)8-7-15-19(12-3-1-2-4-13(12)21(25)26)14-6-5-11(23)9-18(14)27-20(15)16;1-19-11-7-10(14-12(15-11)20-2)16-21(17,18)9-5-3-8(13)4-6-9;1-3(5)7-8-4(2)6;1-2(4)5-3;1-2;/h3-16,34,39H,17H2,1-2H3,(H,40,41)(H,35,36,37);1-10,22H,(H,25,26);3-7H,13H2,1-2H3,(H,14,15,16);1-2H3;1H3;2H,1H3;/q;;;;-1;;+1. The summed E-state index contributed by atoms with van der Waals surface area (Å²) in [5.41, 5.74) is 8.83. The number of hydrogen-bond acceptors (Lipinski definition) is 30. The van der Waals surface area contributed by atoms with Crippen LogP contribution in [0.3, 0.4) is 0 Å². The zero-order chi connectivity index (χ0) is 80.7. The van der Waals surface area contributed by atoms with Gasteiger partial charge in [-0.25, -0.2) is 45.8 Å². The van der Waals surface area contributed by atoms with Gasteiger partial charge in [-0.2, -0.15) is 19.9 Å². The molecule has 38 heteroatoms. The van der Waals surface area contributed by atoms with Gasteiger partial charge < -0.3 is 77.1 Å². The predicted octanol–water partition coefficient (Wildman–Crippen LogP) is 5.03. The van der Waals surface area contributed by atoms with Gasteiger partial charge in [0.25, 0.3) is 20.0 Å². The third-order valence-corrected chi connectivity index (χ3v) is 17.4. The normalized spacial score (nSPS) is 10.7. The number of nitrogens with zero attached hydrogens (tertiary/aromatic N) is 4. The van der Waals surface area contributed by atoms with E-state index in [0.717, 1.165) is 21.0 Å². The Labute approximate surface area is 652 Å². The van der Waals surface area contributed by atoms with Gasteiger partial charge in [0.1, 0.15) is 28.3 Å². The van der Waals surface area contributed by atoms with E-state index < -0.39 is 55.3 Å². The minimum atomic E-state index is -4.05. The molecule has 34 nitrogen and oxygen atoms in total. The van der Waals surface area contributed by atoms with Crippen molar-refractivity contribution in [2.45, 2.75) is 37.1 Å². The number of anilines is 4. The quantitative estimate of drug-likeness (QED) is 0.0190. The number of phenols is 1. The van der Waals surface area contributed by atoms with Crippen LogP contribution in [0.1, 0.15) is 47.1 Å². The number of aliphatic hydroxyl groups is 2. The maximum atomic E-state index is 13.1. The van der Waals surface area contributed by atoms with Crippen molar-refractivity contribution >= 4 is 120 Å². The summed E-state index contributed by atoms with van der Waals surface area (Å²) in [4.78, 5) is 113. The van der Waals surface area contributed by atoms with Crippen LogP contribution in [0.15, 0.2) is 203 Å². The first-order chi connectivity index (χ1) is 52.4. The Morgan fingerprint density at radius 2 is 1.00 bits per heavy atom. The Hall–Kier alpha value is -13.2. The van der Waals surface area contributed by atoms with Crippen LogP contribution in [-0.4, -0.2) is 136 Å². The van der Waals surface area contributed by atoms with Gasteiger partial charge in [-0.1, -0.05) is 36.4 Å². The fourth-order valence-electron chi connectivity index (χ4n) is 9.97. The Bertz CT molecular complexity index is 5810. The molecule has 10 aromatic rings. The average molecular weight is 1570 g/mol. The fourth-order valence-corrected chi connectivity index (χ4v) is 12.0. The average Bonchev–Trinajstić information content (AvgIpc) is 0.752. The summed E-state index contributed by atoms with van der Waals surface area (Å²) in [6.45, 7) is 3.55. The molecule has 0 atom stereocenters. The third kappa shape index (κ3) is 22.5. The molecule has 0 spiro atoms. The SMILES string of the molecule is CC(=O)OOC(C)=O.CO.COc1cc(NS(=O)(=O)c2ccc(N)cc2)nc(OC)n1.COc1cc(NS(=O)(=O)c2ccc(NCc3c(O)ccc4c(-c5ccccc5C(=O)O)c5ccc(=O)cc-5oc34)cc2)nc(OC)n1.O=C(O)c1ccccc1-c1c2ccc(=O)cc2oc2c(=CO)c(=O)ccc12.[B-]OC(C)=O.[Na+]. The molecule has 1 aliphatic carbocycles. The summed E-state index contributed by atoms with van der Waals surface area (Å²) in [5.74, 6) is -3.59. The molecule has 0 unspecified atom stereocenters. The van der Waals surface area contributed by atoms with Crippen molar-refractivity contribution in [2.75, 3.05) is 56.0 Å². The molecular formula is C73H65BN8NaO26S2. The molecule has 111 heavy (non-hydrogen) atoms. The maximum absolute atomic E-state index is 13.1. The minimum Gasteiger partial charge on any atom is -0.793 e. The minimum absolute atomic E-state index is 0. The number of benzene rings is 8. The van der Waals surface area contributed by atoms with E-state index >= 15 is 0 Å². The Morgan fingerprint density at radius 1 is 0.541 bits per heavy atom. The molecule has 0 bridgehead atoms. The summed E-state index contributed by atoms with van der Waals surface area (Å²) in [6, 6.07) is 41.5. The number of nitrogen functional groups attached to an aromatic ring is 1. The molecule has 10 N–H and O–H groups in total. The second kappa shape index (κ2) is 39.6. The number of nitrogens with two attached hydrogens (primary N) is 1. The van der Waals surface area contributed by atoms with Crippen LogP contribution in [-0.2, 0) is 55.4 Å². The van der Waals surface area contributed by atoms with Crippen LogP contribution >= 0.6 is 0 Å². The monoisotopic (exact) mass is 1570 g/mol. The molecule has 0 saturated heterocycles. The summed E-state index contributed by atoms with van der Waals surface area (Å²) >= 11 is 0. The first-order valence-corrected chi connectivity index (χ1v) is 34.3. The summed E-state index contributed by atoms with van der Waals surface area (Å²) in [5, 5.41) is 51.5. The molecule has 3 radical (unpaired) electrons. The molecule has 0 saturated carbocycles. The van der Waals surface area contributed by atoms with E-state index in [0.29, 0.717) is 67.2 Å². The van der Waals surface area contributed by atoms with Crippen molar-refractivity contribution in [1.82, 2.24) is 19.9 Å². The number of aromatic hydroxyl groups is 1. The van der Waals surface area contributed by atoms with Gasteiger partial charge in [-0.3, -0.25) is 28.6 Å². The molecule has 2 aliphatic rings. The van der Waals surface area contributed by atoms with Crippen LogP contribution in [0.4, 0.5) is 23.0 Å². The van der Waals surface area contributed by atoms with Crippen LogP contribution < -0.4 is 90.5 Å². The van der Waals surface area contributed by atoms with E-state index in [1.165, 1.54) is 138 Å². The topological polar surface area (TPSA) is 511 Å². The molecule has 569 valence electrons. The third-order valence-electron chi connectivity index (χ3n) is 14.7. The summed E-state index contributed by atoms with van der Waals surface area (Å²) < 4.78 is 90.7. The van der Waals surface area contributed by atoms with Gasteiger partial charge in [0.15, 0.2) is 27.9 Å². The number of hydrogen-bond donors (Lipinski definition) is 9. The summed E-state index contributed by atoms with van der Waals surface area (Å²) in [6.07, 6.45) is 0.647. The molecule has 3 aromatic heterocycles. The Kier molecular flexibility index (Phi) is 30.9. The number of fused-ring (bicyclic) bond motifs is 4. The van der Waals surface area contributed by atoms with Gasteiger partial charge in [-0.15, -0.1) is 0 Å². The number of aromatic nitrogens is 4. The first-order valence-electron chi connectivity index (χ1n) is 31.3. The fraction of sp³-hybridized carbons (Fsp3) is 0.123. The smallest absolute Gasteiger partial charge is 0.793 e. The molecule has 0 amide bonds. The second-order valence-corrected chi connectivity index (χ2v) is 25.2. The number of rotatable bonds is 17. The first kappa shape index (κ1) is 86.7. The van der Waals surface area contributed by atoms with Gasteiger partial charge in [0, 0.05) is 103 Å². The number of aromatic carboxylic acids is 2. The van der Waals surface area contributed by atoms with E-state index in [2.05, 4.69) is 57.2 Å². The molecular weight excluding hydrogens is 1500 g/mol. The molecule has 0 fully saturated rings. The van der Waals surface area contributed by atoms with E-state index in [1.54, 1.807) is 66.7 Å². The number of carboxylic acid groups (broad SMARTS) is 2. The Balaban J connectivity index is 0.000000253. The zero-order valence-corrected chi connectivity index (χ0v) is 63.7. The largest absolute Gasteiger partial charge is 1.00 e. The van der Waals surface area contributed by atoms with Crippen LogP contribution in [0.5, 0.6) is 29.5 Å². The number of carbonyl (C=O) groups excluding carboxylic acids is 3. The van der Waals surface area contributed by atoms with Crippen molar-refractivity contribution in [1.29, 1.82) is 0 Å². The van der Waals surface area contributed by atoms with Crippen LogP contribution in [0.25, 0.3) is 72.7 Å². The van der Waals surface area contributed by atoms with Gasteiger partial charge in [0.2, 0.25) is 17.7 Å². The van der Waals surface area contributed by atoms with E-state index in [-0.39, 0.29) is 137 Å². The van der Waals surface area contributed by atoms with Gasteiger partial charge in [0.05, 0.1) is 66.4 Å². The van der Waals surface area contributed by atoms with Crippen molar-refractivity contribution in [2.24, 2.45) is 0 Å². The number of carbonyl (C=O) groups is 5. The molecule has 4 heterocycles. The van der Waals surface area contributed by atoms with Crippen molar-refractivity contribution in [3.8, 4) is 63.1 Å². The number of ether oxygens (including phenoxy) is 4. The van der Waals surface area contributed by atoms with Crippen molar-refractivity contribution < 1.29 is 138 Å². The Morgan fingerprint density at radius 3 is 1.48 bits per heavy atom. The molecule has 7 aromatic carbocycles. The van der Waals surface area contributed by atoms with E-state index in [1.807, 2.05) is 0 Å².